The van der Waals surface area contributed by atoms with E-state index < -0.39 is 11.9 Å². The summed E-state index contributed by atoms with van der Waals surface area (Å²) in [6, 6.07) is 7.19. The molecule has 1 heterocycles. The molecule has 0 fully saturated rings. The molecule has 0 saturated heterocycles. The molecule has 0 spiro atoms. The Bertz CT molecular complexity index is 524. The van der Waals surface area contributed by atoms with Crippen LogP contribution in [0.1, 0.15) is 38.2 Å². The van der Waals surface area contributed by atoms with E-state index in [4.69, 9.17) is 0 Å². The Morgan fingerprint density at radius 1 is 1.24 bits per heavy atom. The van der Waals surface area contributed by atoms with Gasteiger partial charge in [-0.3, -0.25) is 9.69 Å². The van der Waals surface area contributed by atoms with Crippen LogP contribution < -0.4 is 4.90 Å². The number of carbonyl (C=O) groups excluding carboxylic acids is 1. The minimum absolute atomic E-state index is 0.0881. The molecule has 0 aromatic heterocycles. The van der Waals surface area contributed by atoms with E-state index in [1.807, 2.05) is 32.0 Å². The summed E-state index contributed by atoms with van der Waals surface area (Å²) in [5.41, 5.74) is 1.46. The molecule has 114 valence electrons. The Kier molecular flexibility index (Phi) is 4.83. The van der Waals surface area contributed by atoms with Crippen LogP contribution in [-0.4, -0.2) is 41.6 Å². The number of urea groups is 1. The second-order valence-electron chi connectivity index (χ2n) is 5.33. The highest BCUT2D eigenvalue weighted by molar-refractivity contribution is 5.98. The average Bonchev–Trinajstić information content (AvgIpc) is 2.86. The van der Waals surface area contributed by atoms with Crippen molar-refractivity contribution in [3.8, 4) is 0 Å². The summed E-state index contributed by atoms with van der Waals surface area (Å²) in [4.78, 5) is 27.5. The Labute approximate surface area is 125 Å². The highest BCUT2D eigenvalue weighted by Gasteiger charge is 2.37. The first-order valence-electron chi connectivity index (χ1n) is 7.48. The number of fused-ring (bicyclic) bond motifs is 1. The molecule has 2 rings (SSSR count). The van der Waals surface area contributed by atoms with E-state index in [2.05, 4.69) is 0 Å². The van der Waals surface area contributed by atoms with Crippen LogP contribution in [0, 0.1) is 0 Å². The summed E-state index contributed by atoms with van der Waals surface area (Å²) in [5.74, 6) is -1.51. The largest absolute Gasteiger partial charge is 0.481 e. The molecule has 0 radical (unpaired) electrons. The van der Waals surface area contributed by atoms with Crippen molar-refractivity contribution in [3.63, 3.8) is 0 Å². The van der Waals surface area contributed by atoms with Crippen LogP contribution in [0.5, 0.6) is 0 Å². The Morgan fingerprint density at radius 3 is 2.43 bits per heavy atom. The Morgan fingerprint density at radius 2 is 1.86 bits per heavy atom. The first-order valence-corrected chi connectivity index (χ1v) is 7.48. The van der Waals surface area contributed by atoms with Crippen molar-refractivity contribution in [2.45, 2.75) is 32.6 Å². The lowest BCUT2D eigenvalue weighted by molar-refractivity contribution is -0.138. The monoisotopic (exact) mass is 290 g/mol. The maximum Gasteiger partial charge on any atom is 0.324 e. The zero-order chi connectivity index (χ0) is 15.4. The summed E-state index contributed by atoms with van der Waals surface area (Å²) in [6.45, 7) is 5.69. The summed E-state index contributed by atoms with van der Waals surface area (Å²) in [5, 5.41) is 9.35. The maximum absolute atomic E-state index is 12.7. The SMILES string of the molecule is CCCN(CCC)C(=O)N1CC(C(=O)O)c2ccccc21. The Balaban J connectivity index is 2.28. The second kappa shape index (κ2) is 6.61. The van der Waals surface area contributed by atoms with Gasteiger partial charge in [-0.15, -0.1) is 0 Å². The molecule has 0 saturated carbocycles. The molecule has 1 unspecified atom stereocenters. The summed E-state index contributed by atoms with van der Waals surface area (Å²) in [6.07, 6.45) is 1.78. The van der Waals surface area contributed by atoms with Gasteiger partial charge in [-0.2, -0.15) is 0 Å². The van der Waals surface area contributed by atoms with E-state index in [0.29, 0.717) is 13.1 Å². The van der Waals surface area contributed by atoms with Gasteiger partial charge in [-0.1, -0.05) is 32.0 Å². The first-order chi connectivity index (χ1) is 10.1. The zero-order valence-electron chi connectivity index (χ0n) is 12.6. The number of hydrogen-bond donors (Lipinski definition) is 1. The second-order valence-corrected chi connectivity index (χ2v) is 5.33. The Hall–Kier alpha value is -2.04. The molecule has 1 aliphatic rings. The number of carboxylic acids is 1. The van der Waals surface area contributed by atoms with Crippen molar-refractivity contribution in [3.05, 3.63) is 29.8 Å². The van der Waals surface area contributed by atoms with Crippen LogP contribution in [0.25, 0.3) is 0 Å². The van der Waals surface area contributed by atoms with Crippen molar-refractivity contribution in [1.82, 2.24) is 4.90 Å². The number of hydrogen-bond acceptors (Lipinski definition) is 2. The lowest BCUT2D eigenvalue weighted by Gasteiger charge is -2.28. The van der Waals surface area contributed by atoms with Gasteiger partial charge in [0.25, 0.3) is 0 Å². The predicted molar refractivity (Wildman–Crippen MR) is 81.7 cm³/mol. The van der Waals surface area contributed by atoms with E-state index in [0.717, 1.165) is 24.1 Å². The lowest BCUT2D eigenvalue weighted by atomic mass is 10.0. The number of benzene rings is 1. The van der Waals surface area contributed by atoms with Gasteiger partial charge in [0.05, 0.1) is 0 Å². The molecule has 1 N–H and O–H groups in total. The van der Waals surface area contributed by atoms with Crippen LogP contribution in [0.4, 0.5) is 10.5 Å². The van der Waals surface area contributed by atoms with Crippen LogP contribution in [0.2, 0.25) is 0 Å². The van der Waals surface area contributed by atoms with Crippen molar-refractivity contribution in [2.24, 2.45) is 0 Å². The quantitative estimate of drug-likeness (QED) is 0.907. The molecule has 2 amide bonds. The third-order valence-corrected chi connectivity index (χ3v) is 3.75. The molecule has 21 heavy (non-hydrogen) atoms. The number of rotatable bonds is 5. The van der Waals surface area contributed by atoms with Gasteiger partial charge in [0.1, 0.15) is 5.92 Å². The minimum atomic E-state index is -0.879. The fourth-order valence-corrected chi connectivity index (χ4v) is 2.81. The van der Waals surface area contributed by atoms with E-state index >= 15 is 0 Å². The standard InChI is InChI=1S/C16H22N2O3/c1-3-9-17(10-4-2)16(21)18-11-13(15(19)20)12-7-5-6-8-14(12)18/h5-8,13H,3-4,9-11H2,1-2H3,(H,19,20). The van der Waals surface area contributed by atoms with Gasteiger partial charge in [-0.05, 0) is 24.5 Å². The third-order valence-electron chi connectivity index (χ3n) is 3.75. The number of para-hydroxylation sites is 1. The molecule has 0 aliphatic carbocycles. The van der Waals surface area contributed by atoms with Crippen molar-refractivity contribution >= 4 is 17.7 Å². The number of nitrogens with zero attached hydrogens (tertiary/aromatic N) is 2. The number of aliphatic carboxylic acids is 1. The van der Waals surface area contributed by atoms with E-state index in [1.54, 1.807) is 15.9 Å². The van der Waals surface area contributed by atoms with E-state index in [1.165, 1.54) is 0 Å². The lowest BCUT2D eigenvalue weighted by Crippen LogP contribution is -2.44. The van der Waals surface area contributed by atoms with Gasteiger partial charge in [0, 0.05) is 25.3 Å². The molecular formula is C16H22N2O3. The van der Waals surface area contributed by atoms with Gasteiger partial charge < -0.3 is 10.0 Å². The average molecular weight is 290 g/mol. The molecule has 5 heteroatoms. The summed E-state index contributed by atoms with van der Waals surface area (Å²) >= 11 is 0. The topological polar surface area (TPSA) is 60.9 Å². The molecule has 1 aromatic carbocycles. The number of carbonyl (C=O) groups is 2. The van der Waals surface area contributed by atoms with Crippen molar-refractivity contribution < 1.29 is 14.7 Å². The van der Waals surface area contributed by atoms with Crippen LogP contribution in [0.3, 0.4) is 0 Å². The fraction of sp³-hybridized carbons (Fsp3) is 0.500. The van der Waals surface area contributed by atoms with Crippen molar-refractivity contribution in [1.29, 1.82) is 0 Å². The number of anilines is 1. The van der Waals surface area contributed by atoms with Gasteiger partial charge in [-0.25, -0.2) is 4.79 Å². The number of amides is 2. The maximum atomic E-state index is 12.7. The molecule has 1 atom stereocenters. The fourth-order valence-electron chi connectivity index (χ4n) is 2.81. The smallest absolute Gasteiger partial charge is 0.324 e. The summed E-state index contributed by atoms with van der Waals surface area (Å²) < 4.78 is 0. The normalized spacial score (nSPS) is 16.7. The molecule has 5 nitrogen and oxygen atoms in total. The predicted octanol–water partition coefficient (Wildman–Crippen LogP) is 2.92. The molecular weight excluding hydrogens is 268 g/mol. The highest BCUT2D eigenvalue weighted by Crippen LogP contribution is 2.36. The van der Waals surface area contributed by atoms with Gasteiger partial charge in [0.15, 0.2) is 0 Å². The number of carboxylic acid groups (broad SMARTS) is 1. The van der Waals surface area contributed by atoms with Crippen LogP contribution >= 0.6 is 0 Å². The minimum Gasteiger partial charge on any atom is -0.481 e. The summed E-state index contributed by atoms with van der Waals surface area (Å²) in [7, 11) is 0. The molecule has 0 bridgehead atoms. The van der Waals surface area contributed by atoms with Gasteiger partial charge >= 0.3 is 12.0 Å². The molecule has 1 aromatic rings. The van der Waals surface area contributed by atoms with Crippen LogP contribution in [0.15, 0.2) is 24.3 Å². The third kappa shape index (κ3) is 3.01. The first kappa shape index (κ1) is 15.4. The van der Waals surface area contributed by atoms with Crippen molar-refractivity contribution in [2.75, 3.05) is 24.5 Å². The van der Waals surface area contributed by atoms with E-state index in [-0.39, 0.29) is 12.6 Å². The van der Waals surface area contributed by atoms with Gasteiger partial charge in [0.2, 0.25) is 0 Å². The van der Waals surface area contributed by atoms with E-state index in [9.17, 15) is 14.7 Å². The molecule has 1 aliphatic heterocycles. The zero-order valence-corrected chi connectivity index (χ0v) is 12.6. The van der Waals surface area contributed by atoms with Crippen LogP contribution in [-0.2, 0) is 4.79 Å². The highest BCUT2D eigenvalue weighted by atomic mass is 16.4.